The summed E-state index contributed by atoms with van der Waals surface area (Å²) in [7, 11) is 0. The summed E-state index contributed by atoms with van der Waals surface area (Å²) in [6.45, 7) is 0. The lowest BCUT2D eigenvalue weighted by atomic mass is 9.81. The van der Waals surface area contributed by atoms with Crippen LogP contribution in [0.15, 0.2) is 60.7 Å². The molecule has 1 fully saturated rings. The quantitative estimate of drug-likeness (QED) is 0.642. The third-order valence-electron chi connectivity index (χ3n) is 5.10. The molecule has 0 amide bonds. The molecular weight excluding hydrogens is 228 g/mol. The maximum Gasteiger partial charge on any atom is 0.0285 e. The molecule has 0 heterocycles. The van der Waals surface area contributed by atoms with Gasteiger partial charge in [-0.25, -0.2) is 0 Å². The molecule has 90 valence electrons. The number of fused-ring (bicyclic) bond motifs is 4. The molecule has 3 unspecified atom stereocenters. The molecule has 2 aromatic rings. The van der Waals surface area contributed by atoms with E-state index in [1.165, 1.54) is 22.3 Å². The van der Waals surface area contributed by atoms with Gasteiger partial charge in [0, 0.05) is 11.3 Å². The fraction of sp³-hybridized carbons (Fsp3) is 0.158. The van der Waals surface area contributed by atoms with E-state index in [9.17, 15) is 0 Å². The SMILES string of the molecule is C1=CC23c4ccccc4C=CC2C3c2ccccc21. The first kappa shape index (κ1) is 9.80. The Hall–Kier alpha value is -2.08. The third-order valence-corrected chi connectivity index (χ3v) is 5.10. The summed E-state index contributed by atoms with van der Waals surface area (Å²) < 4.78 is 0. The van der Waals surface area contributed by atoms with Crippen molar-refractivity contribution < 1.29 is 0 Å². The van der Waals surface area contributed by atoms with Crippen LogP contribution in [0.4, 0.5) is 0 Å². The molecular formula is C19H14. The first-order chi connectivity index (χ1) is 9.41. The van der Waals surface area contributed by atoms with Crippen LogP contribution in [-0.4, -0.2) is 0 Å². The minimum absolute atomic E-state index is 0.250. The summed E-state index contributed by atoms with van der Waals surface area (Å²) in [4.78, 5) is 0. The molecule has 19 heavy (non-hydrogen) atoms. The summed E-state index contributed by atoms with van der Waals surface area (Å²) in [6, 6.07) is 17.7. The van der Waals surface area contributed by atoms with Gasteiger partial charge in [0.1, 0.15) is 0 Å². The van der Waals surface area contributed by atoms with Gasteiger partial charge in [-0.15, -0.1) is 0 Å². The van der Waals surface area contributed by atoms with Crippen molar-refractivity contribution in [1.29, 1.82) is 0 Å². The number of hydrogen-bond acceptors (Lipinski definition) is 0. The summed E-state index contributed by atoms with van der Waals surface area (Å²) in [5, 5.41) is 0. The average molecular weight is 242 g/mol. The fourth-order valence-electron chi connectivity index (χ4n) is 4.23. The largest absolute Gasteiger partial charge is 0.0789 e. The van der Waals surface area contributed by atoms with Gasteiger partial charge in [-0.1, -0.05) is 72.8 Å². The second-order valence-corrected chi connectivity index (χ2v) is 5.85. The highest BCUT2D eigenvalue weighted by Crippen LogP contribution is 2.71. The van der Waals surface area contributed by atoms with Gasteiger partial charge in [0.2, 0.25) is 0 Å². The Morgan fingerprint density at radius 3 is 2.53 bits per heavy atom. The molecule has 0 saturated heterocycles. The molecule has 0 aliphatic heterocycles. The van der Waals surface area contributed by atoms with Crippen molar-refractivity contribution in [2.45, 2.75) is 11.3 Å². The lowest BCUT2D eigenvalue weighted by Gasteiger charge is -2.23. The van der Waals surface area contributed by atoms with Gasteiger partial charge in [0.25, 0.3) is 0 Å². The van der Waals surface area contributed by atoms with E-state index in [1.807, 2.05) is 0 Å². The average Bonchev–Trinajstić information content (AvgIpc) is 3.18. The van der Waals surface area contributed by atoms with Crippen LogP contribution >= 0.6 is 0 Å². The number of rotatable bonds is 0. The van der Waals surface area contributed by atoms with E-state index in [-0.39, 0.29) is 5.41 Å². The standard InChI is InChI=1S/C19H14/c1-3-7-15-13(5-1)11-12-19-16-8-4-2-6-14(16)9-10-17(19)18(15)19/h1-12,17-18H. The monoisotopic (exact) mass is 242 g/mol. The molecule has 3 aliphatic rings. The van der Waals surface area contributed by atoms with Crippen molar-refractivity contribution in [3.8, 4) is 0 Å². The van der Waals surface area contributed by atoms with Gasteiger partial charge >= 0.3 is 0 Å². The van der Waals surface area contributed by atoms with Crippen molar-refractivity contribution >= 4 is 12.2 Å². The lowest BCUT2D eigenvalue weighted by molar-refractivity contribution is 0.800. The van der Waals surface area contributed by atoms with Crippen LogP contribution in [0, 0.1) is 5.92 Å². The van der Waals surface area contributed by atoms with Crippen molar-refractivity contribution in [1.82, 2.24) is 0 Å². The molecule has 5 rings (SSSR count). The topological polar surface area (TPSA) is 0 Å². The van der Waals surface area contributed by atoms with Gasteiger partial charge < -0.3 is 0 Å². The number of allylic oxidation sites excluding steroid dienone is 2. The maximum absolute atomic E-state index is 2.45. The van der Waals surface area contributed by atoms with Gasteiger partial charge in [-0.05, 0) is 28.2 Å². The Labute approximate surface area is 113 Å². The third kappa shape index (κ3) is 1.02. The summed E-state index contributed by atoms with van der Waals surface area (Å²) >= 11 is 0. The van der Waals surface area contributed by atoms with Crippen LogP contribution in [0.25, 0.3) is 12.2 Å². The van der Waals surface area contributed by atoms with Crippen molar-refractivity contribution in [3.05, 3.63) is 82.9 Å². The minimum Gasteiger partial charge on any atom is -0.0789 e. The van der Waals surface area contributed by atoms with Crippen LogP contribution in [0.1, 0.15) is 28.2 Å². The van der Waals surface area contributed by atoms with Gasteiger partial charge in [0.05, 0.1) is 0 Å². The normalized spacial score (nSPS) is 32.0. The highest BCUT2D eigenvalue weighted by atomic mass is 14.7. The van der Waals surface area contributed by atoms with Crippen molar-refractivity contribution in [2.75, 3.05) is 0 Å². The van der Waals surface area contributed by atoms with Gasteiger partial charge in [-0.3, -0.25) is 0 Å². The Balaban J connectivity index is 1.79. The first-order valence-electron chi connectivity index (χ1n) is 6.97. The van der Waals surface area contributed by atoms with E-state index in [2.05, 4.69) is 72.8 Å². The smallest absolute Gasteiger partial charge is 0.0285 e. The molecule has 0 N–H and O–H groups in total. The van der Waals surface area contributed by atoms with Gasteiger partial charge in [0.15, 0.2) is 0 Å². The zero-order chi connectivity index (χ0) is 12.4. The van der Waals surface area contributed by atoms with Gasteiger partial charge in [-0.2, -0.15) is 0 Å². The van der Waals surface area contributed by atoms with E-state index in [4.69, 9.17) is 0 Å². The highest BCUT2D eigenvalue weighted by molar-refractivity contribution is 5.75. The molecule has 3 aliphatic carbocycles. The van der Waals surface area contributed by atoms with E-state index >= 15 is 0 Å². The van der Waals surface area contributed by atoms with Crippen LogP contribution in [0.5, 0.6) is 0 Å². The van der Waals surface area contributed by atoms with Crippen molar-refractivity contribution in [3.63, 3.8) is 0 Å². The highest BCUT2D eigenvalue weighted by Gasteiger charge is 2.65. The van der Waals surface area contributed by atoms with Crippen molar-refractivity contribution in [2.24, 2.45) is 5.92 Å². The zero-order valence-electron chi connectivity index (χ0n) is 10.6. The molecule has 0 nitrogen and oxygen atoms in total. The Morgan fingerprint density at radius 1 is 0.789 bits per heavy atom. The lowest BCUT2D eigenvalue weighted by Crippen LogP contribution is -2.14. The van der Waals surface area contributed by atoms with E-state index < -0.39 is 0 Å². The molecule has 0 bridgehead atoms. The Bertz CT molecular complexity index is 750. The minimum atomic E-state index is 0.250. The Kier molecular flexibility index (Phi) is 1.59. The summed E-state index contributed by atoms with van der Waals surface area (Å²) in [5.74, 6) is 1.30. The second-order valence-electron chi connectivity index (χ2n) is 5.85. The Morgan fingerprint density at radius 2 is 1.58 bits per heavy atom. The molecule has 3 atom stereocenters. The first-order valence-corrected chi connectivity index (χ1v) is 6.97. The molecule has 0 aromatic heterocycles. The second kappa shape index (κ2) is 3.08. The maximum atomic E-state index is 2.45. The predicted octanol–water partition coefficient (Wildman–Crippen LogP) is 4.39. The molecule has 0 heteroatoms. The summed E-state index contributed by atoms with van der Waals surface area (Å²) in [5.41, 5.74) is 6.08. The zero-order valence-corrected chi connectivity index (χ0v) is 10.6. The predicted molar refractivity (Wildman–Crippen MR) is 78.9 cm³/mol. The van der Waals surface area contributed by atoms with E-state index in [0.717, 1.165) is 0 Å². The molecule has 2 aromatic carbocycles. The fourth-order valence-corrected chi connectivity index (χ4v) is 4.23. The number of hydrogen-bond donors (Lipinski definition) is 0. The molecule has 1 saturated carbocycles. The van der Waals surface area contributed by atoms with Crippen LogP contribution < -0.4 is 0 Å². The molecule has 0 radical (unpaired) electrons. The van der Waals surface area contributed by atoms with Crippen LogP contribution in [0.3, 0.4) is 0 Å². The molecule has 1 spiro atoms. The van der Waals surface area contributed by atoms with Crippen LogP contribution in [0.2, 0.25) is 0 Å². The van der Waals surface area contributed by atoms with Crippen LogP contribution in [-0.2, 0) is 5.41 Å². The summed E-state index contributed by atoms with van der Waals surface area (Å²) in [6.07, 6.45) is 9.49. The number of benzene rings is 2. The van der Waals surface area contributed by atoms with E-state index in [1.54, 1.807) is 0 Å². The van der Waals surface area contributed by atoms with E-state index in [0.29, 0.717) is 11.8 Å².